The molecular formula is C26H25N3O4S. The zero-order valence-electron chi connectivity index (χ0n) is 18.6. The second-order valence-electron chi connectivity index (χ2n) is 8.28. The highest BCUT2D eigenvalue weighted by Crippen LogP contribution is 2.24. The largest absolute Gasteiger partial charge is 0.441 e. The molecule has 1 aromatic heterocycles. The zero-order chi connectivity index (χ0) is 23.5. The van der Waals surface area contributed by atoms with Gasteiger partial charge in [-0.3, -0.25) is 4.79 Å². The number of benzene rings is 3. The number of piperazine rings is 1. The summed E-state index contributed by atoms with van der Waals surface area (Å²) in [5.41, 5.74) is 0.941. The topological polar surface area (TPSA) is 83.7 Å². The standard InChI is InChI=1S/C26H25N3O4S/c30-26(13-12-25-27-19-24(33-25)21-7-2-1-3-8-21)28-14-16-29(17-15-28)34(31,32)23-11-10-20-6-4-5-9-22(20)18-23/h1-11,18-19H,12-17H2. The second kappa shape index (κ2) is 9.40. The van der Waals surface area contributed by atoms with Crippen molar-refractivity contribution in [3.8, 4) is 11.3 Å². The van der Waals surface area contributed by atoms with Crippen molar-refractivity contribution in [2.24, 2.45) is 0 Å². The van der Waals surface area contributed by atoms with Crippen molar-refractivity contribution < 1.29 is 17.6 Å². The molecule has 174 valence electrons. The van der Waals surface area contributed by atoms with Crippen LogP contribution in [0.25, 0.3) is 22.1 Å². The molecule has 1 saturated heterocycles. The fourth-order valence-corrected chi connectivity index (χ4v) is 5.65. The van der Waals surface area contributed by atoms with E-state index in [1.165, 1.54) is 4.31 Å². The number of hydrogen-bond acceptors (Lipinski definition) is 5. The van der Waals surface area contributed by atoms with Gasteiger partial charge in [-0.25, -0.2) is 13.4 Å². The van der Waals surface area contributed by atoms with Gasteiger partial charge in [-0.15, -0.1) is 0 Å². The van der Waals surface area contributed by atoms with E-state index in [2.05, 4.69) is 4.98 Å². The summed E-state index contributed by atoms with van der Waals surface area (Å²) in [7, 11) is -3.61. The number of aryl methyl sites for hydroxylation is 1. The van der Waals surface area contributed by atoms with Crippen molar-refractivity contribution in [2.45, 2.75) is 17.7 Å². The molecule has 0 saturated carbocycles. The predicted octanol–water partition coefficient (Wildman–Crippen LogP) is 3.96. The first-order valence-corrected chi connectivity index (χ1v) is 12.7. The molecule has 0 aliphatic carbocycles. The molecule has 0 atom stereocenters. The fraction of sp³-hybridized carbons (Fsp3) is 0.231. The molecule has 1 aliphatic heterocycles. The van der Waals surface area contributed by atoms with Crippen molar-refractivity contribution in [1.29, 1.82) is 0 Å². The Hall–Kier alpha value is -3.49. The maximum Gasteiger partial charge on any atom is 0.243 e. The fourth-order valence-electron chi connectivity index (χ4n) is 4.19. The Balaban J connectivity index is 1.17. The molecule has 2 heterocycles. The lowest BCUT2D eigenvalue weighted by atomic mass is 10.1. The van der Waals surface area contributed by atoms with Crippen LogP contribution in [0.15, 0.2) is 88.3 Å². The van der Waals surface area contributed by atoms with E-state index < -0.39 is 10.0 Å². The number of sulfonamides is 1. The number of amides is 1. The van der Waals surface area contributed by atoms with Gasteiger partial charge in [0.2, 0.25) is 15.9 Å². The first-order chi connectivity index (χ1) is 16.5. The molecule has 0 spiro atoms. The van der Waals surface area contributed by atoms with Crippen LogP contribution in [0, 0.1) is 0 Å². The maximum absolute atomic E-state index is 13.1. The third-order valence-electron chi connectivity index (χ3n) is 6.11. The Morgan fingerprint density at radius 2 is 1.59 bits per heavy atom. The zero-order valence-corrected chi connectivity index (χ0v) is 19.4. The van der Waals surface area contributed by atoms with Gasteiger partial charge < -0.3 is 9.32 Å². The minimum atomic E-state index is -3.61. The van der Waals surface area contributed by atoms with E-state index in [0.29, 0.717) is 31.2 Å². The smallest absolute Gasteiger partial charge is 0.243 e. The van der Waals surface area contributed by atoms with Gasteiger partial charge in [-0.05, 0) is 22.9 Å². The van der Waals surface area contributed by atoms with Crippen LogP contribution in [0.3, 0.4) is 0 Å². The quantitative estimate of drug-likeness (QED) is 0.422. The first-order valence-electron chi connectivity index (χ1n) is 11.3. The monoisotopic (exact) mass is 475 g/mol. The minimum absolute atomic E-state index is 0.0257. The Kier molecular flexibility index (Phi) is 6.17. The van der Waals surface area contributed by atoms with E-state index in [1.807, 2.05) is 60.7 Å². The number of rotatable bonds is 6. The number of nitrogens with zero attached hydrogens (tertiary/aromatic N) is 3. The van der Waals surface area contributed by atoms with Gasteiger partial charge in [-0.2, -0.15) is 4.31 Å². The second-order valence-corrected chi connectivity index (χ2v) is 10.2. The molecule has 1 fully saturated rings. The van der Waals surface area contributed by atoms with Crippen LogP contribution in [-0.2, 0) is 21.2 Å². The molecule has 1 aliphatic rings. The molecular weight excluding hydrogens is 450 g/mol. The summed E-state index contributed by atoms with van der Waals surface area (Å²) in [4.78, 5) is 19.0. The van der Waals surface area contributed by atoms with Crippen LogP contribution >= 0.6 is 0 Å². The Morgan fingerprint density at radius 3 is 2.35 bits per heavy atom. The molecule has 4 aromatic rings. The van der Waals surface area contributed by atoms with Gasteiger partial charge in [-0.1, -0.05) is 60.7 Å². The highest BCUT2D eigenvalue weighted by atomic mass is 32.2. The van der Waals surface area contributed by atoms with Crippen LogP contribution in [-0.4, -0.2) is 54.7 Å². The number of aromatic nitrogens is 1. The van der Waals surface area contributed by atoms with E-state index in [4.69, 9.17) is 4.42 Å². The van der Waals surface area contributed by atoms with Crippen LogP contribution in [0.2, 0.25) is 0 Å². The summed E-state index contributed by atoms with van der Waals surface area (Å²) in [5, 5.41) is 1.89. The summed E-state index contributed by atoms with van der Waals surface area (Å²) < 4.78 is 33.5. The molecule has 7 nitrogen and oxygen atoms in total. The molecule has 0 radical (unpaired) electrons. The Labute approximate surface area is 198 Å². The van der Waals surface area contributed by atoms with Crippen molar-refractivity contribution in [2.75, 3.05) is 26.2 Å². The number of fused-ring (bicyclic) bond motifs is 1. The SMILES string of the molecule is O=C(CCc1ncc(-c2ccccc2)o1)N1CCN(S(=O)(=O)c2ccc3ccccc3c2)CC1. The molecule has 34 heavy (non-hydrogen) atoms. The van der Waals surface area contributed by atoms with Crippen molar-refractivity contribution in [3.63, 3.8) is 0 Å². The molecule has 0 unspecified atom stereocenters. The van der Waals surface area contributed by atoms with E-state index in [1.54, 1.807) is 23.2 Å². The summed E-state index contributed by atoms with van der Waals surface area (Å²) in [6, 6.07) is 22.6. The van der Waals surface area contributed by atoms with Crippen molar-refractivity contribution in [3.05, 3.63) is 84.9 Å². The average Bonchev–Trinajstić information content (AvgIpc) is 3.37. The number of oxazole rings is 1. The van der Waals surface area contributed by atoms with Crippen molar-refractivity contribution >= 4 is 26.7 Å². The molecule has 8 heteroatoms. The molecule has 1 amide bonds. The molecule has 5 rings (SSSR count). The van der Waals surface area contributed by atoms with Gasteiger partial charge in [0.15, 0.2) is 11.7 Å². The normalized spacial score (nSPS) is 15.0. The van der Waals surface area contributed by atoms with Gasteiger partial charge in [0.25, 0.3) is 0 Å². The van der Waals surface area contributed by atoms with E-state index in [9.17, 15) is 13.2 Å². The minimum Gasteiger partial charge on any atom is -0.441 e. The predicted molar refractivity (Wildman–Crippen MR) is 130 cm³/mol. The first kappa shape index (κ1) is 22.3. The summed E-state index contributed by atoms with van der Waals surface area (Å²) in [5.74, 6) is 1.17. The molecule has 0 bridgehead atoms. The highest BCUT2D eigenvalue weighted by Gasteiger charge is 2.30. The number of carbonyl (C=O) groups is 1. The highest BCUT2D eigenvalue weighted by molar-refractivity contribution is 7.89. The lowest BCUT2D eigenvalue weighted by Crippen LogP contribution is -2.50. The van der Waals surface area contributed by atoms with Crippen LogP contribution in [0.4, 0.5) is 0 Å². The number of carbonyl (C=O) groups excluding carboxylic acids is 1. The van der Waals surface area contributed by atoms with Crippen molar-refractivity contribution in [1.82, 2.24) is 14.2 Å². The average molecular weight is 476 g/mol. The van der Waals surface area contributed by atoms with Crippen LogP contribution in [0.5, 0.6) is 0 Å². The van der Waals surface area contributed by atoms with Gasteiger partial charge in [0, 0.05) is 44.6 Å². The van der Waals surface area contributed by atoms with Gasteiger partial charge >= 0.3 is 0 Å². The summed E-state index contributed by atoms with van der Waals surface area (Å²) in [6.45, 7) is 1.29. The lowest BCUT2D eigenvalue weighted by Gasteiger charge is -2.34. The lowest BCUT2D eigenvalue weighted by molar-refractivity contribution is -0.132. The third-order valence-corrected chi connectivity index (χ3v) is 8.01. The molecule has 0 N–H and O–H groups in total. The molecule has 3 aromatic carbocycles. The van der Waals surface area contributed by atoms with Gasteiger partial charge in [0.1, 0.15) is 0 Å². The van der Waals surface area contributed by atoms with E-state index in [-0.39, 0.29) is 30.3 Å². The summed E-state index contributed by atoms with van der Waals surface area (Å²) in [6.07, 6.45) is 2.35. The third kappa shape index (κ3) is 4.60. The Bertz CT molecular complexity index is 1410. The maximum atomic E-state index is 13.1. The summed E-state index contributed by atoms with van der Waals surface area (Å²) >= 11 is 0. The van der Waals surface area contributed by atoms with Gasteiger partial charge in [0.05, 0.1) is 11.1 Å². The van der Waals surface area contributed by atoms with E-state index in [0.717, 1.165) is 16.3 Å². The van der Waals surface area contributed by atoms with Crippen LogP contribution < -0.4 is 0 Å². The van der Waals surface area contributed by atoms with E-state index >= 15 is 0 Å². The Morgan fingerprint density at radius 1 is 0.882 bits per heavy atom. The number of hydrogen-bond donors (Lipinski definition) is 0. The van der Waals surface area contributed by atoms with Crippen LogP contribution in [0.1, 0.15) is 12.3 Å².